The Kier molecular flexibility index (Phi) is 5.27. The number of aromatic nitrogens is 2. The summed E-state index contributed by atoms with van der Waals surface area (Å²) in [6.45, 7) is 2.98. The smallest absolute Gasteiger partial charge is 0.323 e. The topological polar surface area (TPSA) is 97.3 Å². The van der Waals surface area contributed by atoms with Gasteiger partial charge in [-0.25, -0.2) is 9.48 Å². The Morgan fingerprint density at radius 3 is 2.79 bits per heavy atom. The highest BCUT2D eigenvalue weighted by atomic mass is 35.5. The fourth-order valence-electron chi connectivity index (χ4n) is 2.76. The van der Waals surface area contributed by atoms with Crippen molar-refractivity contribution in [2.75, 3.05) is 23.8 Å². The van der Waals surface area contributed by atoms with Gasteiger partial charge in [0.05, 0.1) is 58.1 Å². The van der Waals surface area contributed by atoms with Crippen molar-refractivity contribution in [3.05, 3.63) is 58.0 Å². The molecule has 150 valence electrons. The lowest BCUT2D eigenvalue weighted by molar-refractivity contribution is -0.0593. The maximum absolute atomic E-state index is 12.4. The van der Waals surface area contributed by atoms with Crippen molar-refractivity contribution in [3.8, 4) is 5.69 Å². The van der Waals surface area contributed by atoms with Crippen LogP contribution >= 0.6 is 22.9 Å². The largest absolute Gasteiger partial charge is 0.376 e. The number of hydrogen-bond donors (Lipinski definition) is 3. The normalized spacial score (nSPS) is 14.7. The molecular weight excluding hydrogens is 414 g/mol. The van der Waals surface area contributed by atoms with Gasteiger partial charge in [-0.15, -0.1) is 11.3 Å². The number of rotatable bonds is 5. The van der Waals surface area contributed by atoms with Gasteiger partial charge in [-0.2, -0.15) is 5.10 Å². The Labute approximate surface area is 175 Å². The monoisotopic (exact) mass is 431 g/mol. The number of thiophene rings is 1. The number of benzene rings is 1. The number of hydrogen-bond acceptors (Lipinski definition) is 5. The van der Waals surface area contributed by atoms with Gasteiger partial charge in [0, 0.05) is 5.38 Å². The van der Waals surface area contributed by atoms with Gasteiger partial charge >= 0.3 is 6.03 Å². The van der Waals surface area contributed by atoms with E-state index in [4.69, 9.17) is 16.3 Å². The first kappa shape index (κ1) is 19.4. The minimum absolute atomic E-state index is 0.142. The van der Waals surface area contributed by atoms with E-state index in [0.717, 1.165) is 5.69 Å². The minimum Gasteiger partial charge on any atom is -0.376 e. The molecule has 0 bridgehead atoms. The lowest BCUT2D eigenvalue weighted by Gasteiger charge is -2.38. The van der Waals surface area contributed by atoms with Gasteiger partial charge in [-0.1, -0.05) is 23.7 Å². The molecule has 1 fully saturated rings. The highest BCUT2D eigenvalue weighted by Gasteiger charge is 2.35. The summed E-state index contributed by atoms with van der Waals surface area (Å²) >= 11 is 7.37. The zero-order valence-electron chi connectivity index (χ0n) is 15.4. The summed E-state index contributed by atoms with van der Waals surface area (Å²) in [7, 11) is 0. The van der Waals surface area contributed by atoms with Crippen LogP contribution in [0.25, 0.3) is 5.69 Å². The van der Waals surface area contributed by atoms with Crippen LogP contribution in [0.2, 0.25) is 5.02 Å². The number of ether oxygens (including phenoxy) is 1. The summed E-state index contributed by atoms with van der Waals surface area (Å²) in [5.41, 5.74) is 1.44. The van der Waals surface area contributed by atoms with Crippen molar-refractivity contribution >= 4 is 46.3 Å². The van der Waals surface area contributed by atoms with Gasteiger partial charge in [0.25, 0.3) is 5.91 Å². The summed E-state index contributed by atoms with van der Waals surface area (Å²) < 4.78 is 6.75. The second-order valence-electron chi connectivity index (χ2n) is 6.91. The van der Waals surface area contributed by atoms with E-state index in [-0.39, 0.29) is 11.4 Å². The Morgan fingerprint density at radius 2 is 2.07 bits per heavy atom. The first-order valence-corrected chi connectivity index (χ1v) is 10.0. The molecule has 0 unspecified atom stereocenters. The summed E-state index contributed by atoms with van der Waals surface area (Å²) in [5, 5.41) is 14.9. The van der Waals surface area contributed by atoms with E-state index in [1.54, 1.807) is 41.2 Å². The molecule has 29 heavy (non-hydrogen) atoms. The number of nitrogens with one attached hydrogen (secondary N) is 3. The molecule has 0 saturated carbocycles. The number of amides is 3. The van der Waals surface area contributed by atoms with E-state index in [9.17, 15) is 9.59 Å². The van der Waals surface area contributed by atoms with Gasteiger partial charge in [0.15, 0.2) is 0 Å². The Bertz CT molecular complexity index is 1060. The fraction of sp³-hybridized carbons (Fsp3) is 0.211. The first-order valence-electron chi connectivity index (χ1n) is 8.78. The molecule has 3 aromatic rings. The van der Waals surface area contributed by atoms with Crippen LogP contribution in [-0.4, -0.2) is 40.5 Å². The molecule has 1 aromatic carbocycles. The molecule has 3 amide bonds. The van der Waals surface area contributed by atoms with Gasteiger partial charge in [0.1, 0.15) is 0 Å². The zero-order chi connectivity index (χ0) is 20.4. The van der Waals surface area contributed by atoms with E-state index in [0.29, 0.717) is 34.5 Å². The third kappa shape index (κ3) is 4.42. The number of carbonyl (C=O) groups excluding carboxylic acids is 2. The van der Waals surface area contributed by atoms with Crippen LogP contribution in [0.4, 0.5) is 16.2 Å². The summed E-state index contributed by atoms with van der Waals surface area (Å²) in [6, 6.07) is 8.28. The van der Waals surface area contributed by atoms with Crippen LogP contribution in [0.1, 0.15) is 16.6 Å². The van der Waals surface area contributed by atoms with Crippen molar-refractivity contribution in [2.45, 2.75) is 12.5 Å². The predicted octanol–water partition coefficient (Wildman–Crippen LogP) is 3.75. The van der Waals surface area contributed by atoms with E-state index < -0.39 is 6.03 Å². The number of para-hydroxylation sites is 1. The molecule has 0 spiro atoms. The summed E-state index contributed by atoms with van der Waals surface area (Å²) in [4.78, 5) is 25.1. The standard InChI is InChI=1S/C19H18ClN5O3S/c1-19(10-28-11-19)24-17(26)16-6-13(9-29-16)25-8-12(7-21-25)22-18(27)23-15-5-3-2-4-14(15)20/h2-9H,10-11H2,1H3,(H,24,26)(H2,22,23,27). The highest BCUT2D eigenvalue weighted by molar-refractivity contribution is 7.12. The Morgan fingerprint density at radius 1 is 1.28 bits per heavy atom. The van der Waals surface area contributed by atoms with Gasteiger partial charge < -0.3 is 20.7 Å². The molecule has 3 heterocycles. The van der Waals surface area contributed by atoms with E-state index in [1.807, 2.05) is 12.3 Å². The molecule has 10 heteroatoms. The number of urea groups is 1. The average molecular weight is 432 g/mol. The molecule has 0 aliphatic carbocycles. The maximum Gasteiger partial charge on any atom is 0.323 e. The number of halogens is 1. The molecule has 0 radical (unpaired) electrons. The third-order valence-corrected chi connectivity index (χ3v) is 5.54. The zero-order valence-corrected chi connectivity index (χ0v) is 17.0. The van der Waals surface area contributed by atoms with Crippen molar-refractivity contribution in [1.82, 2.24) is 15.1 Å². The molecule has 8 nitrogen and oxygen atoms in total. The Hall–Kier alpha value is -2.88. The molecule has 0 atom stereocenters. The van der Waals surface area contributed by atoms with Crippen LogP contribution in [0.15, 0.2) is 48.1 Å². The molecular formula is C19H18ClN5O3S. The third-order valence-electron chi connectivity index (χ3n) is 4.29. The fourth-order valence-corrected chi connectivity index (χ4v) is 3.71. The van der Waals surface area contributed by atoms with E-state index in [1.165, 1.54) is 17.5 Å². The van der Waals surface area contributed by atoms with Crippen LogP contribution in [0.3, 0.4) is 0 Å². The maximum atomic E-state index is 12.4. The minimum atomic E-state index is -0.431. The van der Waals surface area contributed by atoms with Crippen LogP contribution in [0.5, 0.6) is 0 Å². The van der Waals surface area contributed by atoms with Crippen molar-refractivity contribution in [2.24, 2.45) is 0 Å². The Balaban J connectivity index is 1.39. The molecule has 1 saturated heterocycles. The quantitative estimate of drug-likeness (QED) is 0.573. The molecule has 3 N–H and O–H groups in total. The van der Waals surface area contributed by atoms with Crippen LogP contribution in [-0.2, 0) is 4.74 Å². The van der Waals surface area contributed by atoms with Crippen LogP contribution < -0.4 is 16.0 Å². The molecule has 4 rings (SSSR count). The predicted molar refractivity (Wildman–Crippen MR) is 112 cm³/mol. The van der Waals surface area contributed by atoms with Crippen LogP contribution in [0, 0.1) is 0 Å². The lowest BCUT2D eigenvalue weighted by Crippen LogP contribution is -2.59. The SMILES string of the molecule is CC1(NC(=O)c2cc(-n3cc(NC(=O)Nc4ccccc4Cl)cn3)cs2)COC1. The van der Waals surface area contributed by atoms with Gasteiger partial charge in [-0.3, -0.25) is 4.79 Å². The lowest BCUT2D eigenvalue weighted by atomic mass is 10.0. The summed E-state index contributed by atoms with van der Waals surface area (Å²) in [5.74, 6) is -0.142. The number of anilines is 2. The number of carbonyl (C=O) groups is 2. The average Bonchev–Trinajstić information content (AvgIpc) is 3.31. The second-order valence-corrected chi connectivity index (χ2v) is 8.23. The molecule has 2 aromatic heterocycles. The van der Waals surface area contributed by atoms with Gasteiger partial charge in [-0.05, 0) is 25.1 Å². The first-order chi connectivity index (χ1) is 13.9. The highest BCUT2D eigenvalue weighted by Crippen LogP contribution is 2.23. The van der Waals surface area contributed by atoms with Crippen molar-refractivity contribution in [1.29, 1.82) is 0 Å². The summed E-state index contributed by atoms with van der Waals surface area (Å²) in [6.07, 6.45) is 3.19. The van der Waals surface area contributed by atoms with E-state index in [2.05, 4.69) is 21.0 Å². The number of nitrogens with zero attached hydrogens (tertiary/aromatic N) is 2. The van der Waals surface area contributed by atoms with Crippen molar-refractivity contribution < 1.29 is 14.3 Å². The van der Waals surface area contributed by atoms with Gasteiger partial charge in [0.2, 0.25) is 0 Å². The van der Waals surface area contributed by atoms with Crippen molar-refractivity contribution in [3.63, 3.8) is 0 Å². The van der Waals surface area contributed by atoms with E-state index >= 15 is 0 Å². The molecule has 1 aliphatic heterocycles. The second kappa shape index (κ2) is 7.86. The molecule has 1 aliphatic rings.